The summed E-state index contributed by atoms with van der Waals surface area (Å²) >= 11 is 0. The highest BCUT2D eigenvalue weighted by molar-refractivity contribution is 6.25. The Morgan fingerprint density at radius 3 is 1.77 bits per heavy atom. The Morgan fingerprint density at radius 2 is 1.17 bits per heavy atom. The minimum Gasteiger partial charge on any atom is -0.398 e. The number of rotatable bonds is 11. The molecule has 0 aliphatic heterocycles. The summed E-state index contributed by atoms with van der Waals surface area (Å²) in [5.41, 5.74) is 17.3. The van der Waals surface area contributed by atoms with Gasteiger partial charge in [-0.15, -0.1) is 0 Å². The summed E-state index contributed by atoms with van der Waals surface area (Å²) in [4.78, 5) is 5.07. The second kappa shape index (κ2) is 15.8. The predicted octanol–water partition coefficient (Wildman–Crippen LogP) is 12.7. The molecule has 0 aromatic heterocycles. The van der Waals surface area contributed by atoms with Crippen molar-refractivity contribution in [1.82, 2.24) is 0 Å². The topological polar surface area (TPSA) is 62.2 Å². The standard InChI is InChI=1S/C50H43N3/c1-4-5-15-42(34(2)32-51)35(3)37-20-24-39(25-21-37)49(52)31-50(53-33-36-13-7-6-8-14-36)40-26-22-38(23-27-40)41-28-29-47-45-18-10-9-16-43(45)44-17-11-12-19-46(44)48(47)30-41/h5-32,51H,3-4,33,52H2,1-2H3/b15-5-,42-34-,49-31-,51-32?,53-50?. The number of nitrogens with zero attached hydrogens (tertiary/aromatic N) is 1. The molecular formula is C50H43N3. The summed E-state index contributed by atoms with van der Waals surface area (Å²) in [6, 6.07) is 51.2. The molecule has 3 heteroatoms. The normalized spacial score (nSPS) is 12.8. The average molecular weight is 686 g/mol. The van der Waals surface area contributed by atoms with Crippen LogP contribution in [0.2, 0.25) is 0 Å². The SMILES string of the molecule is C=C(C(/C=C\CC)=C(/C)C=N)c1ccc(/C(N)=C/C(=NCc2ccccc2)c2ccc(-c3ccc4c5ccccc5c5ccccc5c4c3)cc2)cc1. The molecule has 7 aromatic rings. The van der Waals surface area contributed by atoms with Crippen molar-refractivity contribution >= 4 is 55.5 Å². The number of fused-ring (bicyclic) bond motifs is 6. The van der Waals surface area contributed by atoms with Crippen LogP contribution in [0.25, 0.3) is 54.7 Å². The maximum absolute atomic E-state index is 7.79. The number of hydrogen-bond donors (Lipinski definition) is 2. The van der Waals surface area contributed by atoms with Crippen molar-refractivity contribution in [2.75, 3.05) is 0 Å². The summed E-state index contributed by atoms with van der Waals surface area (Å²) in [7, 11) is 0. The van der Waals surface area contributed by atoms with E-state index in [9.17, 15) is 0 Å². The van der Waals surface area contributed by atoms with Crippen LogP contribution in [0.5, 0.6) is 0 Å². The van der Waals surface area contributed by atoms with E-state index in [0.29, 0.717) is 12.2 Å². The molecule has 0 amide bonds. The Labute approximate surface area is 312 Å². The maximum atomic E-state index is 7.79. The number of nitrogens with two attached hydrogens (primary N) is 1. The van der Waals surface area contributed by atoms with Gasteiger partial charge in [0.1, 0.15) is 0 Å². The van der Waals surface area contributed by atoms with Crippen LogP contribution in [0.3, 0.4) is 0 Å². The van der Waals surface area contributed by atoms with Crippen LogP contribution < -0.4 is 5.73 Å². The van der Waals surface area contributed by atoms with Crippen LogP contribution in [0.15, 0.2) is 187 Å². The van der Waals surface area contributed by atoms with Gasteiger partial charge in [-0.3, -0.25) is 4.99 Å². The van der Waals surface area contributed by atoms with Crippen LogP contribution in [0.4, 0.5) is 0 Å². The summed E-state index contributed by atoms with van der Waals surface area (Å²) in [6.07, 6.45) is 8.41. The van der Waals surface area contributed by atoms with Crippen LogP contribution in [-0.4, -0.2) is 11.9 Å². The van der Waals surface area contributed by atoms with Gasteiger partial charge >= 0.3 is 0 Å². The van der Waals surface area contributed by atoms with E-state index in [2.05, 4.69) is 129 Å². The van der Waals surface area contributed by atoms with Crippen molar-refractivity contribution in [2.45, 2.75) is 26.8 Å². The molecule has 0 aliphatic rings. The van der Waals surface area contributed by atoms with E-state index >= 15 is 0 Å². The quantitative estimate of drug-likeness (QED) is 0.0794. The fourth-order valence-corrected chi connectivity index (χ4v) is 6.93. The zero-order valence-electron chi connectivity index (χ0n) is 30.3. The van der Waals surface area contributed by atoms with Crippen LogP contribution in [0, 0.1) is 5.41 Å². The minimum absolute atomic E-state index is 0.541. The lowest BCUT2D eigenvalue weighted by atomic mass is 9.92. The zero-order valence-corrected chi connectivity index (χ0v) is 30.3. The van der Waals surface area contributed by atoms with E-state index in [1.54, 1.807) is 0 Å². The van der Waals surface area contributed by atoms with Gasteiger partial charge < -0.3 is 11.1 Å². The molecule has 53 heavy (non-hydrogen) atoms. The third-order valence-corrected chi connectivity index (χ3v) is 9.88. The molecule has 7 aromatic carbocycles. The average Bonchev–Trinajstić information content (AvgIpc) is 3.22. The molecule has 0 heterocycles. The first-order valence-electron chi connectivity index (χ1n) is 18.1. The monoisotopic (exact) mass is 685 g/mol. The van der Waals surface area contributed by atoms with Gasteiger partial charge in [-0.2, -0.15) is 0 Å². The Bertz CT molecular complexity index is 2550. The molecule has 0 bridgehead atoms. The smallest absolute Gasteiger partial charge is 0.0671 e. The summed E-state index contributed by atoms with van der Waals surface area (Å²) in [5, 5.41) is 15.4. The Kier molecular flexibility index (Phi) is 10.4. The summed E-state index contributed by atoms with van der Waals surface area (Å²) in [6.45, 7) is 8.93. The fourth-order valence-electron chi connectivity index (χ4n) is 6.93. The Hall–Kier alpha value is -6.58. The van der Waals surface area contributed by atoms with Gasteiger partial charge in [0.25, 0.3) is 0 Å². The van der Waals surface area contributed by atoms with E-state index in [1.807, 2.05) is 55.5 Å². The van der Waals surface area contributed by atoms with E-state index in [1.165, 1.54) is 44.1 Å². The molecule has 3 N–H and O–H groups in total. The van der Waals surface area contributed by atoms with E-state index in [-0.39, 0.29) is 0 Å². The number of allylic oxidation sites excluding steroid dienone is 6. The Morgan fingerprint density at radius 1 is 0.642 bits per heavy atom. The second-order valence-corrected chi connectivity index (χ2v) is 13.3. The van der Waals surface area contributed by atoms with Crippen LogP contribution in [0.1, 0.15) is 42.5 Å². The first-order chi connectivity index (χ1) is 25.9. The van der Waals surface area contributed by atoms with Crippen LogP contribution in [-0.2, 0) is 6.54 Å². The zero-order chi connectivity index (χ0) is 36.7. The van der Waals surface area contributed by atoms with Gasteiger partial charge in [-0.1, -0.05) is 165 Å². The molecule has 0 fully saturated rings. The highest BCUT2D eigenvalue weighted by Gasteiger charge is 2.12. The van der Waals surface area contributed by atoms with E-state index in [4.69, 9.17) is 16.1 Å². The highest BCUT2D eigenvalue weighted by Crippen LogP contribution is 2.37. The number of hydrogen-bond acceptors (Lipinski definition) is 3. The third-order valence-electron chi connectivity index (χ3n) is 9.88. The molecule has 0 saturated carbocycles. The lowest BCUT2D eigenvalue weighted by molar-refractivity contribution is 1.07. The number of aliphatic imine (C=N–C) groups is 1. The maximum Gasteiger partial charge on any atom is 0.0671 e. The van der Waals surface area contributed by atoms with Crippen LogP contribution >= 0.6 is 0 Å². The number of benzene rings is 7. The molecule has 0 aliphatic carbocycles. The largest absolute Gasteiger partial charge is 0.398 e. The van der Waals surface area contributed by atoms with Crippen molar-refractivity contribution in [2.24, 2.45) is 10.7 Å². The lowest BCUT2D eigenvalue weighted by Gasteiger charge is -2.13. The summed E-state index contributed by atoms with van der Waals surface area (Å²) in [5.74, 6) is 0. The summed E-state index contributed by atoms with van der Waals surface area (Å²) < 4.78 is 0. The molecule has 0 saturated heterocycles. The van der Waals surface area contributed by atoms with Crippen molar-refractivity contribution in [3.05, 3.63) is 204 Å². The fraction of sp³-hybridized carbons (Fsp3) is 0.0800. The number of nitrogens with one attached hydrogen (secondary N) is 1. The molecule has 0 spiro atoms. The van der Waals surface area contributed by atoms with Crippen molar-refractivity contribution in [3.63, 3.8) is 0 Å². The molecule has 7 rings (SSSR count). The van der Waals surface area contributed by atoms with Gasteiger partial charge in [0.05, 0.1) is 12.3 Å². The van der Waals surface area contributed by atoms with Gasteiger partial charge in [0.2, 0.25) is 0 Å². The predicted molar refractivity (Wildman–Crippen MR) is 230 cm³/mol. The van der Waals surface area contributed by atoms with Crippen molar-refractivity contribution in [1.29, 1.82) is 5.41 Å². The molecule has 0 atom stereocenters. The minimum atomic E-state index is 0.541. The molecule has 0 radical (unpaired) electrons. The van der Waals surface area contributed by atoms with Crippen molar-refractivity contribution < 1.29 is 0 Å². The third kappa shape index (κ3) is 7.42. The van der Waals surface area contributed by atoms with Crippen molar-refractivity contribution in [3.8, 4) is 11.1 Å². The van der Waals surface area contributed by atoms with E-state index < -0.39 is 0 Å². The highest BCUT2D eigenvalue weighted by atomic mass is 14.7. The molecular weight excluding hydrogens is 643 g/mol. The second-order valence-electron chi connectivity index (χ2n) is 13.3. The van der Waals surface area contributed by atoms with E-state index in [0.717, 1.165) is 56.7 Å². The van der Waals surface area contributed by atoms with Gasteiger partial charge in [0.15, 0.2) is 0 Å². The molecule has 0 unspecified atom stereocenters. The van der Waals surface area contributed by atoms with Gasteiger partial charge in [-0.05, 0) is 108 Å². The molecule has 258 valence electrons. The first-order valence-corrected chi connectivity index (χ1v) is 18.1. The lowest BCUT2D eigenvalue weighted by Crippen LogP contribution is -2.05. The first kappa shape index (κ1) is 34.9. The van der Waals surface area contributed by atoms with Gasteiger partial charge in [0, 0.05) is 11.9 Å². The van der Waals surface area contributed by atoms with Gasteiger partial charge in [-0.25, -0.2) is 0 Å². The molecule has 3 nitrogen and oxygen atoms in total. The Balaban J connectivity index is 1.22.